The lowest BCUT2D eigenvalue weighted by Gasteiger charge is -2.53. The van der Waals surface area contributed by atoms with Crippen LogP contribution in [-0.2, 0) is 5.41 Å². The first kappa shape index (κ1) is 31.2. The molecular formula is C49H41B2N. The maximum Gasteiger partial charge on any atom is 0.247 e. The normalized spacial score (nSPS) is 14.4. The number of hydrogen-bond donors (Lipinski definition) is 0. The van der Waals surface area contributed by atoms with Crippen LogP contribution in [-0.4, -0.2) is 13.4 Å². The molecule has 10 rings (SSSR count). The second kappa shape index (κ2) is 11.2. The standard InChI is InChI=1S/C49H41B2N/c1-30-26-32(3)44(33(4)27-30)50-40-22-13-20-38-46(40)52-47-39(49(38,36-16-9-7-10-17-36)37-18-11-8-12-19-37)21-14-23-41(47)51(43-25-15-24-42(50)48(43)52)45-34(5)28-31(2)29-35(45)6/h7-29H,1-6H3. The van der Waals surface area contributed by atoms with Crippen LogP contribution in [0.4, 0.5) is 17.1 Å². The van der Waals surface area contributed by atoms with E-state index in [1.165, 1.54) is 105 Å². The Balaban J connectivity index is 1.43. The van der Waals surface area contributed by atoms with Gasteiger partial charge in [-0.15, -0.1) is 0 Å². The van der Waals surface area contributed by atoms with Crippen LogP contribution in [0.2, 0.25) is 0 Å². The van der Waals surface area contributed by atoms with Gasteiger partial charge in [0.05, 0.1) is 5.41 Å². The van der Waals surface area contributed by atoms with Gasteiger partial charge < -0.3 is 4.90 Å². The van der Waals surface area contributed by atoms with E-state index in [-0.39, 0.29) is 13.4 Å². The lowest BCUT2D eigenvalue weighted by molar-refractivity contribution is 0.733. The second-order valence-corrected chi connectivity index (χ2v) is 15.6. The smallest absolute Gasteiger partial charge is 0.247 e. The van der Waals surface area contributed by atoms with Gasteiger partial charge in [-0.3, -0.25) is 0 Å². The maximum atomic E-state index is 2.70. The molecule has 0 saturated heterocycles. The molecule has 52 heavy (non-hydrogen) atoms. The molecule has 3 aliphatic rings. The van der Waals surface area contributed by atoms with Gasteiger partial charge in [-0.2, -0.15) is 0 Å². The van der Waals surface area contributed by atoms with E-state index in [9.17, 15) is 0 Å². The monoisotopic (exact) mass is 665 g/mol. The molecule has 0 bridgehead atoms. The Morgan fingerprint density at radius 2 is 0.731 bits per heavy atom. The van der Waals surface area contributed by atoms with Gasteiger partial charge >= 0.3 is 0 Å². The predicted molar refractivity (Wildman–Crippen MR) is 224 cm³/mol. The number of hydrogen-bond acceptors (Lipinski definition) is 1. The molecule has 0 saturated carbocycles. The summed E-state index contributed by atoms with van der Waals surface area (Å²) in [6, 6.07) is 53.6. The van der Waals surface area contributed by atoms with Crippen LogP contribution in [0.3, 0.4) is 0 Å². The van der Waals surface area contributed by atoms with Crippen molar-refractivity contribution < 1.29 is 0 Å². The molecule has 0 amide bonds. The van der Waals surface area contributed by atoms with E-state index < -0.39 is 5.41 Å². The summed E-state index contributed by atoms with van der Waals surface area (Å²) < 4.78 is 0. The highest BCUT2D eigenvalue weighted by Crippen LogP contribution is 2.58. The Kier molecular flexibility index (Phi) is 6.75. The molecule has 0 fully saturated rings. The first-order valence-electron chi connectivity index (χ1n) is 18.8. The summed E-state index contributed by atoms with van der Waals surface area (Å²) in [4.78, 5) is 2.70. The molecule has 3 aliphatic heterocycles. The summed E-state index contributed by atoms with van der Waals surface area (Å²) in [5.41, 5.74) is 25.3. The fourth-order valence-corrected chi connectivity index (χ4v) is 10.9. The molecule has 3 heteroatoms. The second-order valence-electron chi connectivity index (χ2n) is 15.6. The zero-order chi connectivity index (χ0) is 35.5. The fraction of sp³-hybridized carbons (Fsp3) is 0.143. The highest BCUT2D eigenvalue weighted by molar-refractivity contribution is 7.02. The van der Waals surface area contributed by atoms with Gasteiger partial charge in [-0.25, -0.2) is 0 Å². The van der Waals surface area contributed by atoms with E-state index in [0.29, 0.717) is 0 Å². The van der Waals surface area contributed by atoms with Crippen LogP contribution in [0.1, 0.15) is 55.6 Å². The van der Waals surface area contributed by atoms with Crippen LogP contribution in [0.25, 0.3) is 0 Å². The molecule has 7 aromatic rings. The third-order valence-electron chi connectivity index (χ3n) is 12.4. The summed E-state index contributed by atoms with van der Waals surface area (Å²) in [5.74, 6) is 0. The van der Waals surface area contributed by atoms with Crippen molar-refractivity contribution >= 4 is 63.3 Å². The van der Waals surface area contributed by atoms with Crippen LogP contribution in [0.15, 0.2) is 140 Å². The molecule has 0 aromatic heterocycles. The first-order chi connectivity index (χ1) is 25.3. The molecule has 0 radical (unpaired) electrons. The summed E-state index contributed by atoms with van der Waals surface area (Å²) >= 11 is 0. The number of benzene rings is 7. The largest absolute Gasteiger partial charge is 0.312 e. The summed E-state index contributed by atoms with van der Waals surface area (Å²) in [6.07, 6.45) is 0. The molecule has 248 valence electrons. The van der Waals surface area contributed by atoms with E-state index in [1.54, 1.807) is 0 Å². The van der Waals surface area contributed by atoms with Crippen molar-refractivity contribution in [2.24, 2.45) is 0 Å². The molecule has 3 heterocycles. The van der Waals surface area contributed by atoms with Crippen LogP contribution in [0, 0.1) is 41.5 Å². The van der Waals surface area contributed by atoms with Gasteiger partial charge in [-0.05, 0) is 85.6 Å². The van der Waals surface area contributed by atoms with Crippen molar-refractivity contribution in [3.8, 4) is 0 Å². The Hall–Kier alpha value is -5.53. The Morgan fingerprint density at radius 3 is 1.12 bits per heavy atom. The molecule has 1 nitrogen and oxygen atoms in total. The fourth-order valence-electron chi connectivity index (χ4n) is 10.9. The highest BCUT2D eigenvalue weighted by atomic mass is 15.2. The zero-order valence-electron chi connectivity index (χ0n) is 30.9. The van der Waals surface area contributed by atoms with Gasteiger partial charge in [0.2, 0.25) is 13.4 Å². The third kappa shape index (κ3) is 4.03. The topological polar surface area (TPSA) is 3.24 Å². The number of rotatable bonds is 4. The zero-order valence-corrected chi connectivity index (χ0v) is 30.9. The Bertz CT molecular complexity index is 2380. The van der Waals surface area contributed by atoms with Crippen LogP contribution < -0.4 is 37.7 Å². The van der Waals surface area contributed by atoms with Crippen molar-refractivity contribution in [3.63, 3.8) is 0 Å². The molecule has 0 unspecified atom stereocenters. The number of aryl methyl sites for hydroxylation is 6. The Labute approximate surface area is 309 Å². The summed E-state index contributed by atoms with van der Waals surface area (Å²) in [7, 11) is 0. The lowest BCUT2D eigenvalue weighted by Crippen LogP contribution is -2.67. The minimum Gasteiger partial charge on any atom is -0.312 e. The van der Waals surface area contributed by atoms with Gasteiger partial charge in [0.25, 0.3) is 0 Å². The van der Waals surface area contributed by atoms with E-state index in [4.69, 9.17) is 0 Å². The van der Waals surface area contributed by atoms with Gasteiger partial charge in [0, 0.05) is 17.1 Å². The summed E-state index contributed by atoms with van der Waals surface area (Å²) in [5, 5.41) is 0. The first-order valence-corrected chi connectivity index (χ1v) is 18.8. The average molecular weight is 665 g/mol. The minimum atomic E-state index is -0.524. The third-order valence-corrected chi connectivity index (χ3v) is 12.4. The van der Waals surface area contributed by atoms with Crippen LogP contribution in [0.5, 0.6) is 0 Å². The van der Waals surface area contributed by atoms with Crippen molar-refractivity contribution in [2.75, 3.05) is 4.90 Å². The van der Waals surface area contributed by atoms with E-state index >= 15 is 0 Å². The Morgan fingerprint density at radius 1 is 0.385 bits per heavy atom. The van der Waals surface area contributed by atoms with Crippen LogP contribution >= 0.6 is 0 Å². The average Bonchev–Trinajstić information content (AvgIpc) is 3.14. The van der Waals surface area contributed by atoms with Crippen molar-refractivity contribution in [3.05, 3.63) is 195 Å². The van der Waals surface area contributed by atoms with Gasteiger partial charge in [0.15, 0.2) is 0 Å². The van der Waals surface area contributed by atoms with E-state index in [1.807, 2.05) is 0 Å². The molecule has 7 aromatic carbocycles. The number of anilines is 3. The van der Waals surface area contributed by atoms with Crippen molar-refractivity contribution in [2.45, 2.75) is 47.0 Å². The SMILES string of the molecule is Cc1cc(C)c(B2c3cccc4c3N3c5c2cccc5C(c2ccccc2)(c2ccccc2)c2cccc(c23)B4c2c(C)cc(C)cc2C)c(C)c1. The predicted octanol–water partition coefficient (Wildman–Crippen LogP) is 7.36. The van der Waals surface area contributed by atoms with Crippen molar-refractivity contribution in [1.82, 2.24) is 0 Å². The summed E-state index contributed by atoms with van der Waals surface area (Å²) in [6.45, 7) is 13.9. The molecule has 0 spiro atoms. The molecule has 0 aliphatic carbocycles. The van der Waals surface area contributed by atoms with Crippen molar-refractivity contribution in [1.29, 1.82) is 0 Å². The molecule has 0 atom stereocenters. The van der Waals surface area contributed by atoms with Gasteiger partial charge in [0.1, 0.15) is 0 Å². The van der Waals surface area contributed by atoms with Gasteiger partial charge in [-0.1, -0.05) is 184 Å². The quantitative estimate of drug-likeness (QED) is 0.178. The van der Waals surface area contributed by atoms with E-state index in [0.717, 1.165) is 0 Å². The van der Waals surface area contributed by atoms with E-state index in [2.05, 4.69) is 186 Å². The maximum absolute atomic E-state index is 2.70. The minimum absolute atomic E-state index is 0.0960. The molecular weight excluding hydrogens is 624 g/mol. The number of nitrogens with zero attached hydrogens (tertiary/aromatic N) is 1. The highest BCUT2D eigenvalue weighted by Gasteiger charge is 2.54. The number of para-hydroxylation sites is 3. The molecule has 0 N–H and O–H groups in total. The lowest BCUT2D eigenvalue weighted by atomic mass is 9.28.